The second kappa shape index (κ2) is 4.17. The van der Waals surface area contributed by atoms with Gasteiger partial charge in [-0.25, -0.2) is 4.79 Å². The van der Waals surface area contributed by atoms with Crippen LogP contribution in [0.3, 0.4) is 0 Å². The third kappa shape index (κ3) is 2.38. The molecule has 0 aliphatic carbocycles. The average Bonchev–Trinajstić information content (AvgIpc) is 1.98. The molecule has 0 heterocycles. The number of hydroxylamine groups is 2. The van der Waals surface area contributed by atoms with Crippen LogP contribution in [0.25, 0.3) is 0 Å². The minimum absolute atomic E-state index is 0.234. The van der Waals surface area contributed by atoms with Gasteiger partial charge in [0.15, 0.2) is 5.54 Å². The standard InChI is InChI=1S/C6H11NO6/c1-2-6(5(10)11,7(12)13)3-4(8)9/h12-13H,2-3H2,1H3,(H,8,9)(H,10,11)/t6-/m0/s1. The van der Waals surface area contributed by atoms with Gasteiger partial charge in [0.1, 0.15) is 0 Å². The van der Waals surface area contributed by atoms with Crippen molar-refractivity contribution in [1.82, 2.24) is 5.23 Å². The largest absolute Gasteiger partial charge is 0.481 e. The number of carboxylic acids is 2. The fraction of sp³-hybridized carbons (Fsp3) is 0.667. The molecule has 7 nitrogen and oxygen atoms in total. The van der Waals surface area contributed by atoms with Gasteiger partial charge in [0.2, 0.25) is 0 Å². The summed E-state index contributed by atoms with van der Waals surface area (Å²) in [4.78, 5) is 20.9. The summed E-state index contributed by atoms with van der Waals surface area (Å²) >= 11 is 0. The summed E-state index contributed by atoms with van der Waals surface area (Å²) in [6, 6.07) is 0. The van der Waals surface area contributed by atoms with Crippen LogP contribution < -0.4 is 0 Å². The first-order valence-electron chi connectivity index (χ1n) is 3.50. The molecule has 0 spiro atoms. The molecule has 0 bridgehead atoms. The number of carbonyl (C=O) groups is 2. The first-order chi connectivity index (χ1) is 5.86. The molecule has 0 aliphatic rings. The third-order valence-corrected chi connectivity index (χ3v) is 1.81. The first kappa shape index (κ1) is 11.8. The van der Waals surface area contributed by atoms with E-state index in [1.807, 2.05) is 0 Å². The number of hydrogen-bond acceptors (Lipinski definition) is 5. The Morgan fingerprint density at radius 2 is 1.77 bits per heavy atom. The molecule has 13 heavy (non-hydrogen) atoms. The highest BCUT2D eigenvalue weighted by atomic mass is 16.8. The van der Waals surface area contributed by atoms with E-state index >= 15 is 0 Å². The third-order valence-electron chi connectivity index (χ3n) is 1.81. The predicted octanol–water partition coefficient (Wildman–Crippen LogP) is -0.225. The van der Waals surface area contributed by atoms with Gasteiger partial charge in [-0.2, -0.15) is 0 Å². The van der Waals surface area contributed by atoms with Gasteiger partial charge in [-0.3, -0.25) is 15.2 Å². The molecule has 0 rings (SSSR count). The van der Waals surface area contributed by atoms with E-state index in [0.29, 0.717) is 0 Å². The van der Waals surface area contributed by atoms with E-state index in [-0.39, 0.29) is 6.42 Å². The van der Waals surface area contributed by atoms with E-state index < -0.39 is 29.1 Å². The van der Waals surface area contributed by atoms with Crippen LogP contribution in [0.5, 0.6) is 0 Å². The molecule has 0 amide bonds. The van der Waals surface area contributed by atoms with E-state index in [2.05, 4.69) is 0 Å². The highest BCUT2D eigenvalue weighted by Crippen LogP contribution is 2.21. The molecule has 1 atom stereocenters. The molecular weight excluding hydrogens is 182 g/mol. The SMILES string of the molecule is CC[C@](CC(=O)O)(C(=O)O)N(O)O. The monoisotopic (exact) mass is 193 g/mol. The Hall–Kier alpha value is -1.18. The number of carboxylic acid groups (broad SMARTS) is 2. The summed E-state index contributed by atoms with van der Waals surface area (Å²) in [5, 5.41) is 33.7. The van der Waals surface area contributed by atoms with Crippen molar-refractivity contribution >= 4 is 11.9 Å². The minimum atomic E-state index is -2.17. The van der Waals surface area contributed by atoms with Crippen molar-refractivity contribution in [2.24, 2.45) is 0 Å². The Bertz CT molecular complexity index is 215. The number of aliphatic carboxylic acids is 2. The zero-order valence-electron chi connectivity index (χ0n) is 6.97. The van der Waals surface area contributed by atoms with E-state index in [0.717, 1.165) is 0 Å². The van der Waals surface area contributed by atoms with Crippen molar-refractivity contribution in [1.29, 1.82) is 0 Å². The lowest BCUT2D eigenvalue weighted by Crippen LogP contribution is -2.52. The van der Waals surface area contributed by atoms with E-state index in [4.69, 9.17) is 20.6 Å². The van der Waals surface area contributed by atoms with Crippen molar-refractivity contribution < 1.29 is 30.2 Å². The lowest BCUT2D eigenvalue weighted by atomic mass is 9.93. The Balaban J connectivity index is 4.87. The molecule has 7 heteroatoms. The van der Waals surface area contributed by atoms with Gasteiger partial charge in [-0.15, -0.1) is 0 Å². The molecule has 0 unspecified atom stereocenters. The summed E-state index contributed by atoms with van der Waals surface area (Å²) in [6.07, 6.45) is -1.12. The molecule has 0 aromatic rings. The maximum Gasteiger partial charge on any atom is 0.329 e. The molecule has 0 aliphatic heterocycles. The van der Waals surface area contributed by atoms with Crippen molar-refractivity contribution in [2.75, 3.05) is 0 Å². The summed E-state index contributed by atoms with van der Waals surface area (Å²) in [7, 11) is 0. The zero-order chi connectivity index (χ0) is 10.6. The summed E-state index contributed by atoms with van der Waals surface area (Å²) in [6.45, 7) is 1.34. The molecule has 0 aromatic carbocycles. The quantitative estimate of drug-likeness (QED) is 0.445. The number of hydrogen-bond donors (Lipinski definition) is 4. The highest BCUT2D eigenvalue weighted by Gasteiger charge is 2.45. The van der Waals surface area contributed by atoms with Crippen LogP contribution in [0, 0.1) is 0 Å². The van der Waals surface area contributed by atoms with Crippen molar-refractivity contribution in [3.8, 4) is 0 Å². The molecular formula is C6H11NO6. The topological polar surface area (TPSA) is 118 Å². The van der Waals surface area contributed by atoms with Crippen LogP contribution >= 0.6 is 0 Å². The van der Waals surface area contributed by atoms with Gasteiger partial charge in [-0.1, -0.05) is 12.2 Å². The fourth-order valence-corrected chi connectivity index (χ4v) is 0.900. The lowest BCUT2D eigenvalue weighted by Gasteiger charge is -2.29. The van der Waals surface area contributed by atoms with Gasteiger partial charge < -0.3 is 10.2 Å². The fourth-order valence-electron chi connectivity index (χ4n) is 0.900. The van der Waals surface area contributed by atoms with E-state index in [9.17, 15) is 9.59 Å². The Morgan fingerprint density at radius 3 is 1.85 bits per heavy atom. The molecule has 0 saturated carbocycles. The second-order valence-electron chi connectivity index (χ2n) is 2.55. The van der Waals surface area contributed by atoms with Crippen LogP contribution in [0.15, 0.2) is 0 Å². The normalized spacial score (nSPS) is 15.4. The Morgan fingerprint density at radius 1 is 1.31 bits per heavy atom. The van der Waals surface area contributed by atoms with Gasteiger partial charge in [0, 0.05) is 0 Å². The van der Waals surface area contributed by atoms with Crippen LogP contribution in [0.2, 0.25) is 0 Å². The summed E-state index contributed by atoms with van der Waals surface area (Å²) in [5.41, 5.74) is -2.17. The Kier molecular flexibility index (Phi) is 3.79. The first-order valence-corrected chi connectivity index (χ1v) is 3.50. The minimum Gasteiger partial charge on any atom is -0.481 e. The molecule has 0 radical (unpaired) electrons. The maximum atomic E-state index is 10.6. The maximum absolute atomic E-state index is 10.6. The highest BCUT2D eigenvalue weighted by molar-refractivity contribution is 5.84. The van der Waals surface area contributed by atoms with Gasteiger partial charge >= 0.3 is 11.9 Å². The van der Waals surface area contributed by atoms with E-state index in [1.54, 1.807) is 0 Å². The van der Waals surface area contributed by atoms with Gasteiger partial charge in [0.05, 0.1) is 6.42 Å². The second-order valence-corrected chi connectivity index (χ2v) is 2.55. The molecule has 0 aromatic heterocycles. The van der Waals surface area contributed by atoms with Crippen LogP contribution in [-0.2, 0) is 9.59 Å². The Labute approximate surface area is 73.7 Å². The van der Waals surface area contributed by atoms with Gasteiger partial charge in [0.25, 0.3) is 0 Å². The van der Waals surface area contributed by atoms with Crippen molar-refractivity contribution in [3.05, 3.63) is 0 Å². The van der Waals surface area contributed by atoms with Crippen molar-refractivity contribution in [2.45, 2.75) is 25.3 Å². The van der Waals surface area contributed by atoms with Gasteiger partial charge in [-0.05, 0) is 6.42 Å². The summed E-state index contributed by atoms with van der Waals surface area (Å²) < 4.78 is 0. The average molecular weight is 193 g/mol. The molecule has 0 fully saturated rings. The molecule has 0 saturated heterocycles. The number of nitrogens with zero attached hydrogens (tertiary/aromatic N) is 1. The van der Waals surface area contributed by atoms with Crippen LogP contribution in [0.1, 0.15) is 19.8 Å². The lowest BCUT2D eigenvalue weighted by molar-refractivity contribution is -0.357. The van der Waals surface area contributed by atoms with Crippen LogP contribution in [0.4, 0.5) is 0 Å². The predicted molar refractivity (Wildman–Crippen MR) is 38.3 cm³/mol. The summed E-state index contributed by atoms with van der Waals surface area (Å²) in [5.74, 6) is -3.01. The molecule has 4 N–H and O–H groups in total. The smallest absolute Gasteiger partial charge is 0.329 e. The van der Waals surface area contributed by atoms with E-state index in [1.165, 1.54) is 6.92 Å². The number of rotatable bonds is 5. The van der Waals surface area contributed by atoms with Crippen molar-refractivity contribution in [3.63, 3.8) is 0 Å². The molecule has 76 valence electrons. The zero-order valence-corrected chi connectivity index (χ0v) is 6.97. The van der Waals surface area contributed by atoms with Crippen LogP contribution in [-0.4, -0.2) is 43.3 Å².